The van der Waals surface area contributed by atoms with Crippen molar-refractivity contribution in [1.29, 1.82) is 0 Å². The number of benzene rings is 2. The quantitative estimate of drug-likeness (QED) is 0.353. The minimum absolute atomic E-state index is 0.0249. The Morgan fingerprint density at radius 3 is 2.15 bits per heavy atom. The predicted octanol–water partition coefficient (Wildman–Crippen LogP) is 3.54. The summed E-state index contributed by atoms with van der Waals surface area (Å²) in [5.74, 6) is -0.535. The molecule has 0 aliphatic carbocycles. The van der Waals surface area contributed by atoms with E-state index in [9.17, 15) is 24.4 Å². The summed E-state index contributed by atoms with van der Waals surface area (Å²) in [5, 5.41) is 10.5. The average molecular weight is 377 g/mol. The van der Waals surface area contributed by atoms with Crippen LogP contribution in [0.25, 0.3) is 0 Å². The molecule has 3 N–H and O–H groups in total. The van der Waals surface area contributed by atoms with Crippen LogP contribution in [0.5, 0.6) is 0 Å². The maximum Gasteiger partial charge on any atom is 0.332 e. The lowest BCUT2D eigenvalue weighted by molar-refractivity contribution is -0.165. The third-order valence-electron chi connectivity index (χ3n) is 4.19. The molecule has 0 unspecified atom stereocenters. The highest BCUT2D eigenvalue weighted by Gasteiger charge is 2.31. The minimum atomic E-state index is -4.40. The third kappa shape index (κ3) is 6.39. The zero-order valence-corrected chi connectivity index (χ0v) is 15.3. The van der Waals surface area contributed by atoms with E-state index in [0.717, 1.165) is 12.0 Å². The van der Waals surface area contributed by atoms with Crippen LogP contribution in [-0.2, 0) is 15.8 Å². The molecule has 0 aliphatic rings. The van der Waals surface area contributed by atoms with Gasteiger partial charge < -0.3 is 9.79 Å². The molecule has 26 heavy (non-hydrogen) atoms. The van der Waals surface area contributed by atoms with E-state index in [2.05, 4.69) is 0 Å². The topological polar surface area (TPSA) is 98.1 Å². The Balaban J connectivity index is 1.84. The summed E-state index contributed by atoms with van der Waals surface area (Å²) in [6.07, 6.45) is 1.18. The Labute approximate surface area is 153 Å². The van der Waals surface area contributed by atoms with E-state index in [1.165, 1.54) is 0 Å². The maximum atomic E-state index is 12.1. The molecule has 1 amide bonds. The molecule has 6 nitrogen and oxygen atoms in total. The highest BCUT2D eigenvalue weighted by atomic mass is 31.2. The van der Waals surface area contributed by atoms with E-state index in [-0.39, 0.29) is 19.4 Å². The van der Waals surface area contributed by atoms with Crippen molar-refractivity contribution in [3.8, 4) is 0 Å². The SMILES string of the molecule is O=C(CC[C@@H](c1ccccc1)P(=O)(O)O)N(O)CCCc1ccccc1. The Kier molecular flexibility index (Phi) is 7.54. The second-order valence-electron chi connectivity index (χ2n) is 6.16. The van der Waals surface area contributed by atoms with Gasteiger partial charge in [0.15, 0.2) is 0 Å². The van der Waals surface area contributed by atoms with Crippen molar-refractivity contribution in [2.45, 2.75) is 31.3 Å². The molecule has 0 aliphatic heterocycles. The number of rotatable bonds is 9. The van der Waals surface area contributed by atoms with Crippen molar-refractivity contribution in [3.05, 3.63) is 71.8 Å². The zero-order valence-electron chi connectivity index (χ0n) is 14.4. The summed E-state index contributed by atoms with van der Waals surface area (Å²) in [5.41, 5.74) is 0.562. The van der Waals surface area contributed by atoms with Gasteiger partial charge in [0, 0.05) is 13.0 Å². The molecule has 2 rings (SSSR count). The number of nitrogens with zero attached hydrogens (tertiary/aromatic N) is 1. The highest BCUT2D eigenvalue weighted by molar-refractivity contribution is 7.52. The molecule has 0 saturated carbocycles. The smallest absolute Gasteiger partial charge is 0.324 e. The number of carbonyl (C=O) groups excluding carboxylic acids is 1. The molecule has 0 aromatic heterocycles. The minimum Gasteiger partial charge on any atom is -0.324 e. The van der Waals surface area contributed by atoms with Crippen LogP contribution in [0.4, 0.5) is 0 Å². The molecule has 0 saturated heterocycles. The first-order valence-corrected chi connectivity index (χ1v) is 10.2. The number of aryl methyl sites for hydroxylation is 1. The van der Waals surface area contributed by atoms with Gasteiger partial charge in [-0.1, -0.05) is 60.7 Å². The molecule has 2 aromatic carbocycles. The van der Waals surface area contributed by atoms with Gasteiger partial charge in [-0.05, 0) is 30.4 Å². The van der Waals surface area contributed by atoms with Gasteiger partial charge in [0.05, 0.1) is 5.66 Å². The highest BCUT2D eigenvalue weighted by Crippen LogP contribution is 2.54. The molecule has 1 atom stereocenters. The van der Waals surface area contributed by atoms with E-state index < -0.39 is 19.2 Å². The van der Waals surface area contributed by atoms with Crippen molar-refractivity contribution in [1.82, 2.24) is 5.06 Å². The van der Waals surface area contributed by atoms with Gasteiger partial charge in [0.1, 0.15) is 0 Å². The summed E-state index contributed by atoms with van der Waals surface area (Å²) in [7, 11) is -4.40. The van der Waals surface area contributed by atoms with Gasteiger partial charge >= 0.3 is 7.60 Å². The summed E-state index contributed by atoms with van der Waals surface area (Å²) in [6.45, 7) is 0.180. The first-order valence-electron chi connectivity index (χ1n) is 8.51. The Bertz CT molecular complexity index is 732. The second-order valence-corrected chi connectivity index (χ2v) is 7.96. The van der Waals surface area contributed by atoms with Gasteiger partial charge in [-0.3, -0.25) is 14.6 Å². The summed E-state index contributed by atoms with van der Waals surface area (Å²) >= 11 is 0. The van der Waals surface area contributed by atoms with Crippen LogP contribution in [0.3, 0.4) is 0 Å². The molecule has 2 aromatic rings. The summed E-state index contributed by atoms with van der Waals surface area (Å²) in [4.78, 5) is 31.2. The molecule has 0 radical (unpaired) electrons. The molecule has 0 spiro atoms. The van der Waals surface area contributed by atoms with E-state index in [1.54, 1.807) is 30.3 Å². The number of amides is 1. The average Bonchev–Trinajstić information content (AvgIpc) is 2.62. The fourth-order valence-electron chi connectivity index (χ4n) is 2.80. The van der Waals surface area contributed by atoms with Crippen molar-refractivity contribution in [2.24, 2.45) is 0 Å². The van der Waals surface area contributed by atoms with Crippen LogP contribution in [-0.4, -0.2) is 32.5 Å². The molecule has 0 heterocycles. The Hall–Kier alpha value is -1.98. The van der Waals surface area contributed by atoms with Gasteiger partial charge in [0.25, 0.3) is 0 Å². The Morgan fingerprint density at radius 1 is 1.00 bits per heavy atom. The van der Waals surface area contributed by atoms with Crippen LogP contribution >= 0.6 is 7.60 Å². The fraction of sp³-hybridized carbons (Fsp3) is 0.316. The van der Waals surface area contributed by atoms with Crippen molar-refractivity contribution >= 4 is 13.5 Å². The molecule has 140 valence electrons. The van der Waals surface area contributed by atoms with E-state index in [1.807, 2.05) is 30.3 Å². The lowest BCUT2D eigenvalue weighted by Crippen LogP contribution is -2.28. The number of hydrogen-bond acceptors (Lipinski definition) is 3. The molecule has 0 bridgehead atoms. The normalized spacial score (nSPS) is 12.6. The lowest BCUT2D eigenvalue weighted by atomic mass is 10.1. The predicted molar refractivity (Wildman–Crippen MR) is 98.7 cm³/mol. The first kappa shape index (κ1) is 20.3. The van der Waals surface area contributed by atoms with Crippen molar-refractivity contribution in [3.63, 3.8) is 0 Å². The number of hydrogen-bond donors (Lipinski definition) is 3. The molecular formula is C19H24NO5P. The number of hydroxylamine groups is 2. The van der Waals surface area contributed by atoms with Crippen molar-refractivity contribution in [2.75, 3.05) is 6.54 Å². The zero-order chi connectivity index (χ0) is 19.0. The van der Waals surface area contributed by atoms with Gasteiger partial charge in [0.2, 0.25) is 5.91 Å². The third-order valence-corrected chi connectivity index (χ3v) is 5.56. The molecule has 0 fully saturated rings. The van der Waals surface area contributed by atoms with Gasteiger partial charge in [-0.15, -0.1) is 0 Å². The largest absolute Gasteiger partial charge is 0.332 e. The summed E-state index contributed by atoms with van der Waals surface area (Å²) in [6, 6.07) is 18.2. The molecule has 7 heteroatoms. The van der Waals surface area contributed by atoms with Gasteiger partial charge in [-0.2, -0.15) is 0 Å². The van der Waals surface area contributed by atoms with Crippen LogP contribution in [0, 0.1) is 0 Å². The van der Waals surface area contributed by atoms with Gasteiger partial charge in [-0.25, -0.2) is 5.06 Å². The second kappa shape index (κ2) is 9.64. The monoisotopic (exact) mass is 377 g/mol. The van der Waals surface area contributed by atoms with Crippen LogP contribution < -0.4 is 0 Å². The molecular weight excluding hydrogens is 353 g/mol. The fourth-order valence-corrected chi connectivity index (χ4v) is 3.82. The van der Waals surface area contributed by atoms with Crippen LogP contribution in [0.2, 0.25) is 0 Å². The standard InChI is InChI=1S/C19H24NO5P/c21-19(20(22)15-7-10-16-8-3-1-4-9-16)14-13-18(26(23,24)25)17-11-5-2-6-12-17/h1-6,8-9,11-12,18,22H,7,10,13-15H2,(H2,23,24,25)/t18-/m0/s1. The first-order chi connectivity index (χ1) is 12.4. The van der Waals surface area contributed by atoms with Crippen molar-refractivity contribution < 1.29 is 24.4 Å². The van der Waals surface area contributed by atoms with E-state index >= 15 is 0 Å². The maximum absolute atomic E-state index is 12.1. The van der Waals surface area contributed by atoms with Crippen LogP contribution in [0.15, 0.2) is 60.7 Å². The lowest BCUT2D eigenvalue weighted by Gasteiger charge is -2.20. The van der Waals surface area contributed by atoms with Crippen LogP contribution in [0.1, 0.15) is 36.0 Å². The van der Waals surface area contributed by atoms with E-state index in [4.69, 9.17) is 0 Å². The summed E-state index contributed by atoms with van der Waals surface area (Å²) < 4.78 is 11.8. The van der Waals surface area contributed by atoms with E-state index in [0.29, 0.717) is 17.0 Å². The number of carbonyl (C=O) groups is 1. The Morgan fingerprint density at radius 2 is 1.58 bits per heavy atom.